The highest BCUT2D eigenvalue weighted by molar-refractivity contribution is 6.20. The van der Waals surface area contributed by atoms with Crippen molar-refractivity contribution in [2.75, 3.05) is 30.3 Å². The van der Waals surface area contributed by atoms with Gasteiger partial charge in [0, 0.05) is 31.0 Å². The summed E-state index contributed by atoms with van der Waals surface area (Å²) in [5.74, 6) is -1.35. The number of imide groups is 2. The maximum atomic E-state index is 13.1. The molecule has 10 nitrogen and oxygen atoms in total. The van der Waals surface area contributed by atoms with Gasteiger partial charge in [-0.2, -0.15) is 0 Å². The molecular formula is C20H25N5O5. The third kappa shape index (κ3) is 3.12. The number of rotatable bonds is 0. The van der Waals surface area contributed by atoms with Crippen molar-refractivity contribution in [1.82, 2.24) is 15.5 Å². The number of anilines is 2. The molecular weight excluding hydrogens is 390 g/mol. The SMILES string of the molecule is CC(C)(C)OC(=O)N1CCN2c3ccc(N)cc3CC3(C(=O)NC(=O)NC3=O)C2C1. The Kier molecular flexibility index (Phi) is 4.41. The van der Waals surface area contributed by atoms with Crippen molar-refractivity contribution >= 4 is 35.3 Å². The minimum atomic E-state index is -1.57. The summed E-state index contributed by atoms with van der Waals surface area (Å²) in [7, 11) is 0. The number of hydrogen-bond donors (Lipinski definition) is 3. The van der Waals surface area contributed by atoms with Crippen LogP contribution < -0.4 is 21.3 Å². The van der Waals surface area contributed by atoms with Crippen molar-refractivity contribution in [3.05, 3.63) is 23.8 Å². The number of nitrogen functional groups attached to an aromatic ring is 1. The second-order valence-electron chi connectivity index (χ2n) is 8.91. The molecule has 0 saturated carbocycles. The summed E-state index contributed by atoms with van der Waals surface area (Å²) >= 11 is 0. The van der Waals surface area contributed by atoms with Crippen LogP contribution in [0.4, 0.5) is 21.0 Å². The van der Waals surface area contributed by atoms with Crippen molar-refractivity contribution in [2.24, 2.45) is 5.41 Å². The number of nitrogens with zero attached hydrogens (tertiary/aromatic N) is 2. The van der Waals surface area contributed by atoms with Crippen LogP contribution in [0.1, 0.15) is 26.3 Å². The van der Waals surface area contributed by atoms with Gasteiger partial charge in [0.2, 0.25) is 11.8 Å². The first kappa shape index (κ1) is 20.0. The Morgan fingerprint density at radius 3 is 2.47 bits per heavy atom. The molecule has 10 heteroatoms. The summed E-state index contributed by atoms with van der Waals surface area (Å²) in [6.07, 6.45) is -0.435. The van der Waals surface area contributed by atoms with E-state index in [4.69, 9.17) is 10.5 Å². The summed E-state index contributed by atoms with van der Waals surface area (Å²) in [5, 5.41) is 4.46. The number of carbonyl (C=O) groups is 4. The zero-order chi connectivity index (χ0) is 21.8. The maximum Gasteiger partial charge on any atom is 0.410 e. The van der Waals surface area contributed by atoms with Crippen LogP contribution in [0.25, 0.3) is 0 Å². The summed E-state index contributed by atoms with van der Waals surface area (Å²) in [5.41, 5.74) is 5.82. The quantitative estimate of drug-likeness (QED) is 0.417. The number of hydrogen-bond acceptors (Lipinski definition) is 7. The largest absolute Gasteiger partial charge is 0.444 e. The number of ether oxygens (including phenoxy) is 1. The van der Waals surface area contributed by atoms with Gasteiger partial charge < -0.3 is 20.3 Å². The highest BCUT2D eigenvalue weighted by Crippen LogP contribution is 2.45. The molecule has 5 amide bonds. The lowest BCUT2D eigenvalue weighted by Crippen LogP contribution is -2.75. The van der Waals surface area contributed by atoms with Crippen LogP contribution in [0.5, 0.6) is 0 Å². The second-order valence-corrected chi connectivity index (χ2v) is 8.91. The molecule has 0 aliphatic carbocycles. The lowest BCUT2D eigenvalue weighted by Gasteiger charge is -2.54. The van der Waals surface area contributed by atoms with Crippen LogP contribution in [0, 0.1) is 5.41 Å². The van der Waals surface area contributed by atoms with Crippen LogP contribution in [-0.4, -0.2) is 60.1 Å². The molecule has 30 heavy (non-hydrogen) atoms. The van der Waals surface area contributed by atoms with E-state index in [0.717, 1.165) is 11.3 Å². The maximum absolute atomic E-state index is 13.1. The van der Waals surface area contributed by atoms with E-state index in [-0.39, 0.29) is 13.0 Å². The van der Waals surface area contributed by atoms with Gasteiger partial charge in [-0.1, -0.05) is 0 Å². The number of nitrogens with one attached hydrogen (secondary N) is 2. The van der Waals surface area contributed by atoms with E-state index >= 15 is 0 Å². The first-order valence-corrected chi connectivity index (χ1v) is 9.81. The van der Waals surface area contributed by atoms with E-state index in [2.05, 4.69) is 10.6 Å². The Labute approximate surface area is 173 Å². The van der Waals surface area contributed by atoms with Gasteiger partial charge in [0.05, 0.1) is 6.04 Å². The zero-order valence-corrected chi connectivity index (χ0v) is 17.2. The fourth-order valence-corrected chi connectivity index (χ4v) is 4.46. The van der Waals surface area contributed by atoms with E-state index < -0.39 is 41.0 Å². The molecule has 2 saturated heterocycles. The van der Waals surface area contributed by atoms with E-state index in [0.29, 0.717) is 18.8 Å². The number of barbiturate groups is 1. The average molecular weight is 415 g/mol. The third-order valence-corrected chi connectivity index (χ3v) is 5.75. The molecule has 160 valence electrons. The Morgan fingerprint density at radius 2 is 1.83 bits per heavy atom. The molecule has 3 aliphatic rings. The van der Waals surface area contributed by atoms with Crippen LogP contribution in [-0.2, 0) is 20.7 Å². The van der Waals surface area contributed by atoms with Gasteiger partial charge in [-0.25, -0.2) is 9.59 Å². The van der Waals surface area contributed by atoms with Gasteiger partial charge in [-0.15, -0.1) is 0 Å². The average Bonchev–Trinajstić information content (AvgIpc) is 2.63. The first-order valence-electron chi connectivity index (χ1n) is 9.81. The summed E-state index contributed by atoms with van der Waals surface area (Å²) < 4.78 is 5.49. The number of benzene rings is 1. The van der Waals surface area contributed by atoms with Gasteiger partial charge >= 0.3 is 12.1 Å². The zero-order valence-electron chi connectivity index (χ0n) is 17.2. The van der Waals surface area contributed by atoms with Crippen molar-refractivity contribution in [1.29, 1.82) is 0 Å². The topological polar surface area (TPSA) is 134 Å². The molecule has 3 aliphatic heterocycles. The van der Waals surface area contributed by atoms with E-state index in [1.54, 1.807) is 32.9 Å². The fourth-order valence-electron chi connectivity index (χ4n) is 4.46. The summed E-state index contributed by atoms with van der Waals surface area (Å²) in [6, 6.07) is 3.85. The Bertz CT molecular complexity index is 933. The highest BCUT2D eigenvalue weighted by Gasteiger charge is 2.61. The molecule has 1 spiro atoms. The molecule has 1 unspecified atom stereocenters. The number of piperazine rings is 1. The molecule has 0 bridgehead atoms. The van der Waals surface area contributed by atoms with Crippen molar-refractivity contribution < 1.29 is 23.9 Å². The van der Waals surface area contributed by atoms with Crippen LogP contribution in [0.3, 0.4) is 0 Å². The van der Waals surface area contributed by atoms with E-state index in [1.165, 1.54) is 4.90 Å². The Morgan fingerprint density at radius 1 is 1.17 bits per heavy atom. The van der Waals surface area contributed by atoms with Gasteiger partial charge in [0.25, 0.3) is 0 Å². The van der Waals surface area contributed by atoms with Gasteiger partial charge in [-0.3, -0.25) is 20.2 Å². The molecule has 1 aromatic rings. The number of fused-ring (bicyclic) bond motifs is 4. The molecule has 1 atom stereocenters. The molecule has 0 radical (unpaired) electrons. The van der Waals surface area contributed by atoms with E-state index in [1.807, 2.05) is 11.0 Å². The molecule has 4 rings (SSSR count). The monoisotopic (exact) mass is 415 g/mol. The third-order valence-electron chi connectivity index (χ3n) is 5.75. The predicted molar refractivity (Wildman–Crippen MR) is 108 cm³/mol. The summed E-state index contributed by atoms with van der Waals surface area (Å²) in [6.45, 7) is 6.20. The van der Waals surface area contributed by atoms with E-state index in [9.17, 15) is 19.2 Å². The number of carbonyl (C=O) groups excluding carboxylic acids is 4. The molecule has 0 aromatic heterocycles. The van der Waals surface area contributed by atoms with Crippen LogP contribution in [0.2, 0.25) is 0 Å². The van der Waals surface area contributed by atoms with Crippen molar-refractivity contribution in [2.45, 2.75) is 38.8 Å². The minimum absolute atomic E-state index is 0.0711. The van der Waals surface area contributed by atoms with Gasteiger partial charge in [0.15, 0.2) is 5.41 Å². The van der Waals surface area contributed by atoms with Crippen LogP contribution in [0.15, 0.2) is 18.2 Å². The minimum Gasteiger partial charge on any atom is -0.444 e. The number of nitrogens with two attached hydrogens (primary N) is 1. The van der Waals surface area contributed by atoms with Crippen molar-refractivity contribution in [3.8, 4) is 0 Å². The fraction of sp³-hybridized carbons (Fsp3) is 0.500. The lowest BCUT2D eigenvalue weighted by atomic mass is 9.68. The highest BCUT2D eigenvalue weighted by atomic mass is 16.6. The Balaban J connectivity index is 1.76. The van der Waals surface area contributed by atoms with Gasteiger partial charge in [0.1, 0.15) is 5.60 Å². The molecule has 4 N–H and O–H groups in total. The van der Waals surface area contributed by atoms with Crippen LogP contribution >= 0.6 is 0 Å². The van der Waals surface area contributed by atoms with Crippen molar-refractivity contribution in [3.63, 3.8) is 0 Å². The lowest BCUT2D eigenvalue weighted by molar-refractivity contribution is -0.147. The molecule has 2 fully saturated rings. The number of amides is 5. The number of urea groups is 1. The predicted octanol–water partition coefficient (Wildman–Crippen LogP) is 0.603. The standard InChI is InChI=1S/C20H25N5O5/c1-19(2,3)30-18(29)24-6-7-25-13-5-4-12(21)8-11(13)9-20(14(25)10-24)15(26)22-17(28)23-16(20)27/h4-5,8,14H,6-7,9-10,21H2,1-3H3,(H2,22,23,26,27,28). The first-order chi connectivity index (χ1) is 14.0. The second kappa shape index (κ2) is 6.61. The molecule has 3 heterocycles. The van der Waals surface area contributed by atoms with Gasteiger partial charge in [-0.05, 0) is 51.0 Å². The normalized spacial score (nSPS) is 22.8. The smallest absolute Gasteiger partial charge is 0.410 e. The molecule has 1 aromatic carbocycles. The summed E-state index contributed by atoms with van der Waals surface area (Å²) in [4.78, 5) is 54.0. The Hall–Kier alpha value is -3.30.